The number of allylic oxidation sites excluding steroid dienone is 2. The van der Waals surface area contributed by atoms with Crippen molar-refractivity contribution in [2.75, 3.05) is 0 Å². The fourth-order valence-corrected chi connectivity index (χ4v) is 2.24. The maximum absolute atomic E-state index is 12.1. The van der Waals surface area contributed by atoms with Crippen LogP contribution in [-0.2, 0) is 9.59 Å². The van der Waals surface area contributed by atoms with Crippen molar-refractivity contribution >= 4 is 58.7 Å². The molecule has 0 atom stereocenters. The molecule has 2 N–H and O–H groups in total. The third-order valence-corrected chi connectivity index (χ3v) is 2.99. The summed E-state index contributed by atoms with van der Waals surface area (Å²) in [5.41, 5.74) is -1.02. The van der Waals surface area contributed by atoms with Gasteiger partial charge in [0.05, 0.1) is 0 Å². The van der Waals surface area contributed by atoms with Gasteiger partial charge >= 0.3 is 0 Å². The predicted octanol–water partition coefficient (Wildman–Crippen LogP) is 1.14. The molecule has 0 aliphatic carbocycles. The maximum Gasteiger partial charge on any atom is 0.242 e. The molecule has 2 amide bonds. The third kappa shape index (κ3) is 3.88. The van der Waals surface area contributed by atoms with E-state index in [2.05, 4.69) is 10.6 Å². The fraction of sp³-hybridized carbons (Fsp3) is 0.583. The smallest absolute Gasteiger partial charge is 0.242 e. The minimum atomic E-state index is -1.02. The summed E-state index contributed by atoms with van der Waals surface area (Å²) in [5, 5.41) is 5.18. The Morgan fingerprint density at radius 1 is 1.28 bits per heavy atom. The van der Waals surface area contributed by atoms with Crippen molar-refractivity contribution < 1.29 is 9.59 Å². The molecule has 0 aromatic rings. The van der Waals surface area contributed by atoms with Crippen LogP contribution in [0.15, 0.2) is 12.2 Å². The van der Waals surface area contributed by atoms with Crippen molar-refractivity contribution in [2.45, 2.75) is 33.6 Å². The first kappa shape index (κ1) is 17.8. The Morgan fingerprint density at radius 3 is 2.17 bits per heavy atom. The van der Waals surface area contributed by atoms with Gasteiger partial charge in [-0.1, -0.05) is 26.0 Å². The van der Waals surface area contributed by atoms with Gasteiger partial charge in [-0.3, -0.25) is 9.59 Å². The molecule has 6 heteroatoms. The van der Waals surface area contributed by atoms with Crippen molar-refractivity contribution in [1.29, 1.82) is 0 Å². The molecule has 0 bridgehead atoms. The average Bonchev–Trinajstić information content (AvgIpc) is 2.21. The molecule has 1 fully saturated rings. The minimum absolute atomic E-state index is 0. The third-order valence-electron chi connectivity index (χ3n) is 2.78. The van der Waals surface area contributed by atoms with E-state index < -0.39 is 5.41 Å². The Hall–Kier alpha value is -0.230. The van der Waals surface area contributed by atoms with Gasteiger partial charge in [0.1, 0.15) is 5.41 Å². The summed E-state index contributed by atoms with van der Waals surface area (Å²) in [5.74, 6) is -0.334. The normalized spacial score (nSPS) is 18.6. The number of rotatable bonds is 4. The number of amides is 2. The van der Waals surface area contributed by atoms with Crippen LogP contribution in [-0.4, -0.2) is 46.5 Å². The van der Waals surface area contributed by atoms with Gasteiger partial charge < -0.3 is 10.6 Å². The molecule has 1 heterocycles. The monoisotopic (exact) mass is 277 g/mol. The second-order valence-electron chi connectivity index (χ2n) is 4.69. The van der Waals surface area contributed by atoms with E-state index in [9.17, 15) is 9.59 Å². The van der Waals surface area contributed by atoms with Crippen molar-refractivity contribution in [1.82, 2.24) is 10.6 Å². The van der Waals surface area contributed by atoms with Crippen LogP contribution in [0.5, 0.6) is 0 Å². The van der Waals surface area contributed by atoms with Crippen molar-refractivity contribution in [2.24, 2.45) is 11.3 Å². The first-order valence-corrected chi connectivity index (χ1v) is 6.11. The summed E-state index contributed by atoms with van der Waals surface area (Å²) in [7, 11) is 0. The molecule has 4 nitrogen and oxygen atoms in total. The van der Waals surface area contributed by atoms with Gasteiger partial charge in [0.25, 0.3) is 0 Å². The van der Waals surface area contributed by atoms with Crippen LogP contribution < -0.4 is 10.6 Å². The maximum atomic E-state index is 12.1. The Labute approximate surface area is 135 Å². The van der Waals surface area contributed by atoms with E-state index in [0.29, 0.717) is 12.8 Å². The SMILES string of the molecule is CC=CCC1(CC(C)C)C(=O)NC(=S)NC1=O.[Na]. The summed E-state index contributed by atoms with van der Waals surface area (Å²) in [6.07, 6.45) is 4.60. The van der Waals surface area contributed by atoms with Crippen molar-refractivity contribution in [3.05, 3.63) is 12.2 Å². The molecule has 0 unspecified atom stereocenters. The summed E-state index contributed by atoms with van der Waals surface area (Å²) >= 11 is 4.81. The van der Waals surface area contributed by atoms with Crippen LogP contribution in [0.2, 0.25) is 0 Å². The minimum Gasteiger partial charge on any atom is -0.302 e. The summed E-state index contributed by atoms with van der Waals surface area (Å²) < 4.78 is 0. The standard InChI is InChI=1S/C12H18N2O2S.Na/c1-4-5-6-12(7-8(2)3)9(15)13-11(17)14-10(12)16;/h4-5,8H,6-7H2,1-3H3,(H2,13,14,15,16,17);. The number of nitrogens with one attached hydrogen (secondary N) is 2. The summed E-state index contributed by atoms with van der Waals surface area (Å²) in [4.78, 5) is 24.2. The summed E-state index contributed by atoms with van der Waals surface area (Å²) in [6.45, 7) is 5.85. The molecule has 18 heavy (non-hydrogen) atoms. The van der Waals surface area contributed by atoms with Gasteiger partial charge in [-0.15, -0.1) is 0 Å². The van der Waals surface area contributed by atoms with Gasteiger partial charge in [-0.25, -0.2) is 0 Å². The first-order valence-electron chi connectivity index (χ1n) is 5.70. The zero-order valence-corrected chi connectivity index (χ0v) is 14.2. The van der Waals surface area contributed by atoms with Crippen molar-refractivity contribution in [3.63, 3.8) is 0 Å². The Morgan fingerprint density at radius 2 is 1.78 bits per heavy atom. The number of carbonyl (C=O) groups excluding carboxylic acids is 2. The second kappa shape index (κ2) is 7.38. The van der Waals surface area contributed by atoms with Crippen molar-refractivity contribution in [3.8, 4) is 0 Å². The molecule has 1 saturated heterocycles. The van der Waals surface area contributed by atoms with Gasteiger partial charge in [-0.05, 0) is 37.9 Å². The van der Waals surface area contributed by atoms with Crippen LogP contribution in [0.25, 0.3) is 0 Å². The Kier molecular flexibility index (Phi) is 7.29. The number of hydrogen-bond acceptors (Lipinski definition) is 3. The van der Waals surface area contributed by atoms with E-state index in [-0.39, 0.29) is 52.4 Å². The van der Waals surface area contributed by atoms with Crippen LogP contribution in [0.3, 0.4) is 0 Å². The van der Waals surface area contributed by atoms with Crippen LogP contribution in [0.4, 0.5) is 0 Å². The molecule has 0 saturated carbocycles. The zero-order valence-electron chi connectivity index (χ0n) is 11.4. The fourth-order valence-electron chi connectivity index (χ4n) is 2.05. The second-order valence-corrected chi connectivity index (χ2v) is 5.10. The van der Waals surface area contributed by atoms with Crippen LogP contribution in [0, 0.1) is 11.3 Å². The van der Waals surface area contributed by atoms with Crippen LogP contribution in [0.1, 0.15) is 33.6 Å². The molecule has 0 spiro atoms. The predicted molar refractivity (Wildman–Crippen MR) is 76.0 cm³/mol. The molecule has 0 aromatic carbocycles. The molecule has 1 rings (SSSR count). The van der Waals surface area contributed by atoms with E-state index >= 15 is 0 Å². The van der Waals surface area contributed by atoms with E-state index in [1.165, 1.54) is 0 Å². The van der Waals surface area contributed by atoms with Gasteiger partial charge in [0.2, 0.25) is 11.8 Å². The molecule has 1 radical (unpaired) electrons. The topological polar surface area (TPSA) is 58.2 Å². The zero-order chi connectivity index (χ0) is 13.1. The average molecular weight is 277 g/mol. The van der Waals surface area contributed by atoms with Gasteiger partial charge in [0.15, 0.2) is 5.11 Å². The molecule has 0 aromatic heterocycles. The van der Waals surface area contributed by atoms with E-state index in [4.69, 9.17) is 12.2 Å². The van der Waals surface area contributed by atoms with E-state index in [1.807, 2.05) is 32.9 Å². The number of carbonyl (C=O) groups is 2. The van der Waals surface area contributed by atoms with E-state index in [1.54, 1.807) is 0 Å². The van der Waals surface area contributed by atoms with E-state index in [0.717, 1.165) is 0 Å². The number of hydrogen-bond donors (Lipinski definition) is 2. The van der Waals surface area contributed by atoms with Gasteiger partial charge in [0, 0.05) is 29.6 Å². The summed E-state index contributed by atoms with van der Waals surface area (Å²) in [6, 6.07) is 0. The quantitative estimate of drug-likeness (QED) is 0.350. The number of thiocarbonyl (C=S) groups is 1. The van der Waals surface area contributed by atoms with Crippen LogP contribution >= 0.6 is 12.2 Å². The molecule has 95 valence electrons. The molecular weight excluding hydrogens is 259 g/mol. The largest absolute Gasteiger partial charge is 0.302 e. The molecular formula is C12H18N2NaO2S. The van der Waals surface area contributed by atoms with Gasteiger partial charge in [-0.2, -0.15) is 0 Å². The Bertz CT molecular complexity index is 360. The Balaban J connectivity index is 0.00000289. The molecule has 1 aliphatic rings. The first-order chi connectivity index (χ1) is 7.92. The molecule has 1 aliphatic heterocycles.